The van der Waals surface area contributed by atoms with Gasteiger partial charge in [-0.2, -0.15) is 0 Å². The van der Waals surface area contributed by atoms with Crippen LogP contribution in [0.2, 0.25) is 0 Å². The summed E-state index contributed by atoms with van der Waals surface area (Å²) in [5.41, 5.74) is -0.0841. The molecule has 0 saturated heterocycles. The molecule has 0 unspecified atom stereocenters. The molecule has 0 amide bonds. The SMILES string of the molecule is COc1ccc(OCCN(C)Cc2nc3sccc3c(=O)[nH]2)cc1. The second-order valence-corrected chi connectivity index (χ2v) is 6.31. The first-order valence-corrected chi connectivity index (χ1v) is 8.45. The van der Waals surface area contributed by atoms with Crippen molar-refractivity contribution in [1.82, 2.24) is 14.9 Å². The molecule has 6 nitrogen and oxygen atoms in total. The van der Waals surface area contributed by atoms with Gasteiger partial charge in [0.15, 0.2) is 0 Å². The summed E-state index contributed by atoms with van der Waals surface area (Å²) in [6, 6.07) is 9.28. The largest absolute Gasteiger partial charge is 0.497 e. The van der Waals surface area contributed by atoms with Crippen LogP contribution in [0.25, 0.3) is 10.2 Å². The fraction of sp³-hybridized carbons (Fsp3) is 0.294. The lowest BCUT2D eigenvalue weighted by Crippen LogP contribution is -2.26. The minimum absolute atomic E-state index is 0.0841. The fourth-order valence-electron chi connectivity index (χ4n) is 2.31. The highest BCUT2D eigenvalue weighted by Crippen LogP contribution is 2.17. The van der Waals surface area contributed by atoms with Crippen LogP contribution < -0.4 is 15.0 Å². The first kappa shape index (κ1) is 16.5. The molecule has 1 aromatic carbocycles. The number of hydrogen-bond acceptors (Lipinski definition) is 6. The van der Waals surface area contributed by atoms with Gasteiger partial charge in [0.2, 0.25) is 0 Å². The van der Waals surface area contributed by atoms with Gasteiger partial charge in [0.25, 0.3) is 5.56 Å². The van der Waals surface area contributed by atoms with Gasteiger partial charge in [0.1, 0.15) is 28.8 Å². The Morgan fingerprint density at radius 2 is 1.96 bits per heavy atom. The summed E-state index contributed by atoms with van der Waals surface area (Å²) in [4.78, 5) is 22.1. The topological polar surface area (TPSA) is 67.5 Å². The fourth-order valence-corrected chi connectivity index (χ4v) is 3.09. The molecule has 0 radical (unpaired) electrons. The number of hydrogen-bond donors (Lipinski definition) is 1. The summed E-state index contributed by atoms with van der Waals surface area (Å²) in [6.45, 7) is 1.83. The summed E-state index contributed by atoms with van der Waals surface area (Å²) >= 11 is 1.48. The highest BCUT2D eigenvalue weighted by atomic mass is 32.1. The van der Waals surface area contributed by atoms with Gasteiger partial charge in [0, 0.05) is 6.54 Å². The monoisotopic (exact) mass is 345 g/mol. The van der Waals surface area contributed by atoms with E-state index >= 15 is 0 Å². The number of methoxy groups -OCH3 is 1. The number of aromatic amines is 1. The van der Waals surface area contributed by atoms with E-state index in [0.29, 0.717) is 24.4 Å². The molecular weight excluding hydrogens is 326 g/mol. The van der Waals surface area contributed by atoms with E-state index in [4.69, 9.17) is 9.47 Å². The van der Waals surface area contributed by atoms with Gasteiger partial charge in [-0.3, -0.25) is 9.69 Å². The Bertz CT molecular complexity index is 857. The van der Waals surface area contributed by atoms with E-state index in [1.165, 1.54) is 11.3 Å². The van der Waals surface area contributed by atoms with Crippen LogP contribution in [0, 0.1) is 0 Å². The van der Waals surface area contributed by atoms with Gasteiger partial charge in [0.05, 0.1) is 19.0 Å². The van der Waals surface area contributed by atoms with E-state index in [1.807, 2.05) is 36.7 Å². The van der Waals surface area contributed by atoms with Gasteiger partial charge in [-0.05, 0) is 42.8 Å². The van der Waals surface area contributed by atoms with Gasteiger partial charge >= 0.3 is 0 Å². The zero-order valence-electron chi connectivity index (χ0n) is 13.6. The predicted molar refractivity (Wildman–Crippen MR) is 95.1 cm³/mol. The summed E-state index contributed by atoms with van der Waals surface area (Å²) in [7, 11) is 3.60. The zero-order chi connectivity index (χ0) is 16.9. The van der Waals surface area contributed by atoms with Crippen molar-refractivity contribution in [2.24, 2.45) is 0 Å². The van der Waals surface area contributed by atoms with E-state index < -0.39 is 0 Å². The molecule has 3 rings (SSSR count). The summed E-state index contributed by atoms with van der Waals surface area (Å²) in [5, 5.41) is 2.53. The summed E-state index contributed by atoms with van der Waals surface area (Å²) in [5.74, 6) is 2.27. The first-order chi connectivity index (χ1) is 11.7. The Labute approximate surface area is 143 Å². The normalized spacial score (nSPS) is 11.1. The molecule has 0 fully saturated rings. The van der Waals surface area contributed by atoms with E-state index in [-0.39, 0.29) is 5.56 Å². The number of thiophene rings is 1. The van der Waals surface area contributed by atoms with Crippen LogP contribution in [0.15, 0.2) is 40.5 Å². The van der Waals surface area contributed by atoms with Crippen molar-refractivity contribution < 1.29 is 9.47 Å². The first-order valence-electron chi connectivity index (χ1n) is 7.57. The number of likely N-dealkylation sites (N-methyl/N-ethyl adjacent to an activating group) is 1. The lowest BCUT2D eigenvalue weighted by atomic mass is 10.3. The van der Waals surface area contributed by atoms with Crippen molar-refractivity contribution in [2.45, 2.75) is 6.54 Å². The number of rotatable bonds is 7. The van der Waals surface area contributed by atoms with Crippen LogP contribution in [-0.2, 0) is 6.54 Å². The quantitative estimate of drug-likeness (QED) is 0.713. The molecule has 0 aliphatic rings. The minimum Gasteiger partial charge on any atom is -0.497 e. The Morgan fingerprint density at radius 3 is 2.71 bits per heavy atom. The second kappa shape index (κ2) is 7.46. The number of fused-ring (bicyclic) bond motifs is 1. The molecule has 0 spiro atoms. The number of aromatic nitrogens is 2. The Kier molecular flexibility index (Phi) is 5.12. The number of nitrogens with zero attached hydrogens (tertiary/aromatic N) is 2. The van der Waals surface area contributed by atoms with Crippen LogP contribution in [0.4, 0.5) is 0 Å². The third kappa shape index (κ3) is 3.93. The zero-order valence-corrected chi connectivity index (χ0v) is 14.4. The smallest absolute Gasteiger partial charge is 0.259 e. The predicted octanol–water partition coefficient (Wildman–Crippen LogP) is 2.50. The van der Waals surface area contributed by atoms with Gasteiger partial charge in [-0.1, -0.05) is 0 Å². The molecule has 3 aromatic rings. The molecule has 24 heavy (non-hydrogen) atoms. The highest BCUT2D eigenvalue weighted by Gasteiger charge is 2.07. The Hall–Kier alpha value is -2.38. The molecule has 2 heterocycles. The Balaban J connectivity index is 1.52. The molecule has 0 aliphatic heterocycles. The number of benzene rings is 1. The molecule has 1 N–H and O–H groups in total. The van der Waals surface area contributed by atoms with Crippen molar-refractivity contribution in [2.75, 3.05) is 27.3 Å². The van der Waals surface area contributed by atoms with Gasteiger partial charge < -0.3 is 14.5 Å². The molecule has 0 aliphatic carbocycles. The lowest BCUT2D eigenvalue weighted by molar-refractivity contribution is 0.229. The molecule has 0 bridgehead atoms. The van der Waals surface area contributed by atoms with Crippen LogP contribution in [-0.4, -0.2) is 42.2 Å². The van der Waals surface area contributed by atoms with Crippen molar-refractivity contribution in [3.63, 3.8) is 0 Å². The van der Waals surface area contributed by atoms with E-state index in [0.717, 1.165) is 22.9 Å². The molecule has 0 atom stereocenters. The van der Waals surface area contributed by atoms with Crippen molar-refractivity contribution >= 4 is 21.6 Å². The van der Waals surface area contributed by atoms with Crippen molar-refractivity contribution in [1.29, 1.82) is 0 Å². The van der Waals surface area contributed by atoms with Crippen molar-refractivity contribution in [3.05, 3.63) is 51.9 Å². The molecule has 0 saturated carbocycles. The standard InChI is InChI=1S/C17H19N3O3S/c1-20(8-9-23-13-5-3-12(22-2)4-6-13)11-15-18-16(21)14-7-10-24-17(14)19-15/h3-7,10H,8-9,11H2,1-2H3,(H,18,19,21). The van der Waals surface area contributed by atoms with Crippen LogP contribution >= 0.6 is 11.3 Å². The number of ether oxygens (including phenoxy) is 2. The maximum atomic E-state index is 12.0. The van der Waals surface area contributed by atoms with Crippen LogP contribution in [0.1, 0.15) is 5.82 Å². The third-order valence-electron chi connectivity index (χ3n) is 3.60. The molecule has 126 valence electrons. The average Bonchev–Trinajstić information content (AvgIpc) is 3.04. The molecular formula is C17H19N3O3S. The van der Waals surface area contributed by atoms with Crippen LogP contribution in [0.3, 0.4) is 0 Å². The molecule has 2 aromatic heterocycles. The maximum Gasteiger partial charge on any atom is 0.259 e. The number of nitrogens with one attached hydrogen (secondary N) is 1. The highest BCUT2D eigenvalue weighted by molar-refractivity contribution is 7.16. The van der Waals surface area contributed by atoms with Gasteiger partial charge in [-0.25, -0.2) is 4.98 Å². The summed E-state index contributed by atoms with van der Waals surface area (Å²) in [6.07, 6.45) is 0. The van der Waals surface area contributed by atoms with E-state index in [2.05, 4.69) is 14.9 Å². The van der Waals surface area contributed by atoms with E-state index in [9.17, 15) is 4.79 Å². The van der Waals surface area contributed by atoms with E-state index in [1.54, 1.807) is 13.2 Å². The second-order valence-electron chi connectivity index (χ2n) is 5.41. The van der Waals surface area contributed by atoms with Crippen LogP contribution in [0.5, 0.6) is 11.5 Å². The Morgan fingerprint density at radius 1 is 1.21 bits per heavy atom. The number of H-pyrrole nitrogens is 1. The lowest BCUT2D eigenvalue weighted by Gasteiger charge is -2.16. The average molecular weight is 345 g/mol. The van der Waals surface area contributed by atoms with Gasteiger partial charge in [-0.15, -0.1) is 11.3 Å². The van der Waals surface area contributed by atoms with Crippen molar-refractivity contribution in [3.8, 4) is 11.5 Å². The summed E-state index contributed by atoms with van der Waals surface area (Å²) < 4.78 is 10.8. The minimum atomic E-state index is -0.0841. The third-order valence-corrected chi connectivity index (χ3v) is 4.41. The maximum absolute atomic E-state index is 12.0. The molecule has 7 heteroatoms.